The van der Waals surface area contributed by atoms with Gasteiger partial charge in [-0.1, -0.05) is 20.8 Å². The molecule has 0 aromatic rings. The van der Waals surface area contributed by atoms with Crippen molar-refractivity contribution in [2.75, 3.05) is 26.2 Å². The van der Waals surface area contributed by atoms with Crippen molar-refractivity contribution in [3.63, 3.8) is 0 Å². The molecule has 1 atom stereocenters. The molecular weight excluding hydrogens is 350 g/mol. The quantitative estimate of drug-likeness (QED) is 0.558. The number of hydrogen-bond donors (Lipinski definition) is 1. The first-order valence-electron chi connectivity index (χ1n) is 9.85. The van der Waals surface area contributed by atoms with E-state index in [2.05, 4.69) is 5.32 Å². The zero-order chi connectivity index (χ0) is 20.2. The summed E-state index contributed by atoms with van der Waals surface area (Å²) in [5, 5.41) is 2.91. The summed E-state index contributed by atoms with van der Waals surface area (Å²) in [7, 11) is 0. The molecule has 2 saturated heterocycles. The highest BCUT2D eigenvalue weighted by molar-refractivity contribution is 6.32. The van der Waals surface area contributed by atoms with Crippen molar-refractivity contribution in [3.8, 4) is 0 Å². The predicted octanol–water partition coefficient (Wildman–Crippen LogP) is 0.694. The van der Waals surface area contributed by atoms with Crippen LogP contribution in [0.15, 0.2) is 0 Å². The van der Waals surface area contributed by atoms with Crippen molar-refractivity contribution in [2.45, 2.75) is 65.0 Å². The molecule has 2 aliphatic heterocycles. The third-order valence-electron chi connectivity index (χ3n) is 5.29. The lowest BCUT2D eigenvalue weighted by Gasteiger charge is -2.51. The maximum absolute atomic E-state index is 13.0. The molecule has 0 saturated carbocycles. The molecule has 1 N–H and O–H groups in total. The van der Waals surface area contributed by atoms with Gasteiger partial charge in [-0.05, 0) is 38.5 Å². The Balaban J connectivity index is 2.16. The summed E-state index contributed by atoms with van der Waals surface area (Å²) in [6.45, 7) is 8.80. The fourth-order valence-corrected chi connectivity index (χ4v) is 3.95. The number of likely N-dealkylation sites (tertiary alicyclic amines) is 1. The van der Waals surface area contributed by atoms with E-state index in [1.165, 1.54) is 4.90 Å². The molecule has 2 fully saturated rings. The fourth-order valence-electron chi connectivity index (χ4n) is 3.95. The summed E-state index contributed by atoms with van der Waals surface area (Å²) in [6.07, 6.45) is 2.00. The predicted molar refractivity (Wildman–Crippen MR) is 98.6 cm³/mol. The molecule has 2 heterocycles. The van der Waals surface area contributed by atoms with Crippen LogP contribution in [-0.4, -0.2) is 71.3 Å². The fraction of sp³-hybridized carbons (Fsp3) is 0.789. The van der Waals surface area contributed by atoms with Crippen LogP contribution in [0, 0.1) is 5.92 Å². The van der Waals surface area contributed by atoms with E-state index in [4.69, 9.17) is 4.74 Å². The van der Waals surface area contributed by atoms with E-state index in [0.29, 0.717) is 31.7 Å². The molecule has 1 spiro atoms. The molecule has 1 unspecified atom stereocenters. The normalized spacial score (nSPS) is 22.2. The van der Waals surface area contributed by atoms with E-state index >= 15 is 0 Å². The molecule has 152 valence electrons. The van der Waals surface area contributed by atoms with Gasteiger partial charge in [-0.2, -0.15) is 0 Å². The first kappa shape index (κ1) is 21.2. The van der Waals surface area contributed by atoms with Gasteiger partial charge in [0.25, 0.3) is 0 Å². The van der Waals surface area contributed by atoms with Gasteiger partial charge in [0.05, 0.1) is 6.61 Å². The summed E-state index contributed by atoms with van der Waals surface area (Å²) < 4.78 is 4.77. The highest BCUT2D eigenvalue weighted by atomic mass is 16.5. The van der Waals surface area contributed by atoms with Crippen LogP contribution >= 0.6 is 0 Å². The number of hydrogen-bond acceptors (Lipinski definition) is 5. The number of piperazine rings is 1. The van der Waals surface area contributed by atoms with Crippen LogP contribution in [-0.2, 0) is 23.9 Å². The highest BCUT2D eigenvalue weighted by Gasteiger charge is 2.53. The van der Waals surface area contributed by atoms with Gasteiger partial charge < -0.3 is 19.9 Å². The van der Waals surface area contributed by atoms with Crippen molar-refractivity contribution < 1.29 is 23.9 Å². The number of ether oxygens (including phenoxy) is 1. The number of nitrogens with one attached hydrogen (secondary N) is 1. The molecule has 2 rings (SSSR count). The number of piperidine rings is 1. The number of carbonyl (C=O) groups excluding carboxylic acids is 4. The Morgan fingerprint density at radius 2 is 1.85 bits per heavy atom. The Hall–Kier alpha value is -2.12. The van der Waals surface area contributed by atoms with Gasteiger partial charge in [0.15, 0.2) is 0 Å². The summed E-state index contributed by atoms with van der Waals surface area (Å²) in [5.74, 6) is -1.46. The molecule has 0 radical (unpaired) electrons. The molecule has 27 heavy (non-hydrogen) atoms. The Kier molecular flexibility index (Phi) is 6.84. The van der Waals surface area contributed by atoms with Gasteiger partial charge in [0.2, 0.25) is 11.8 Å². The first-order chi connectivity index (χ1) is 12.8. The van der Waals surface area contributed by atoms with Gasteiger partial charge in [0.1, 0.15) is 11.6 Å². The molecule has 0 bridgehead atoms. The number of amides is 3. The van der Waals surface area contributed by atoms with Gasteiger partial charge >= 0.3 is 11.9 Å². The molecule has 8 heteroatoms. The largest absolute Gasteiger partial charge is 0.459 e. The second-order valence-electron chi connectivity index (χ2n) is 7.69. The van der Waals surface area contributed by atoms with E-state index in [-0.39, 0.29) is 31.5 Å². The number of nitrogens with zero attached hydrogens (tertiary/aromatic N) is 2. The van der Waals surface area contributed by atoms with E-state index in [0.717, 1.165) is 6.42 Å². The molecule has 0 aliphatic carbocycles. The lowest BCUT2D eigenvalue weighted by atomic mass is 9.80. The number of esters is 1. The van der Waals surface area contributed by atoms with E-state index < -0.39 is 23.5 Å². The summed E-state index contributed by atoms with van der Waals surface area (Å²) in [6, 6.07) is -0.492. The lowest BCUT2D eigenvalue weighted by Crippen LogP contribution is -2.73. The maximum atomic E-state index is 13.0. The van der Waals surface area contributed by atoms with Crippen molar-refractivity contribution in [2.24, 2.45) is 5.92 Å². The van der Waals surface area contributed by atoms with Crippen LogP contribution in [0.3, 0.4) is 0 Å². The van der Waals surface area contributed by atoms with Gasteiger partial charge in [-0.15, -0.1) is 0 Å². The third kappa shape index (κ3) is 4.25. The third-order valence-corrected chi connectivity index (χ3v) is 5.29. The van der Waals surface area contributed by atoms with Crippen LogP contribution < -0.4 is 5.32 Å². The van der Waals surface area contributed by atoms with Gasteiger partial charge in [-0.3, -0.25) is 14.4 Å². The van der Waals surface area contributed by atoms with Gasteiger partial charge in [-0.25, -0.2) is 4.79 Å². The minimum absolute atomic E-state index is 0.0460. The Morgan fingerprint density at radius 1 is 1.22 bits per heavy atom. The van der Waals surface area contributed by atoms with E-state index in [9.17, 15) is 19.2 Å². The molecular formula is C19H31N3O5. The molecule has 2 aliphatic rings. The zero-order valence-electron chi connectivity index (χ0n) is 16.7. The van der Waals surface area contributed by atoms with Crippen molar-refractivity contribution in [1.29, 1.82) is 0 Å². The SMILES string of the molecule is CCCN1C(=O)C(CC(C)C)NC(=O)C12CCN(C(=O)C(=O)OCC)CC2. The average molecular weight is 381 g/mol. The van der Waals surface area contributed by atoms with Crippen LogP contribution in [0.5, 0.6) is 0 Å². The van der Waals surface area contributed by atoms with Crippen molar-refractivity contribution in [3.05, 3.63) is 0 Å². The summed E-state index contributed by atoms with van der Waals surface area (Å²) in [4.78, 5) is 53.0. The van der Waals surface area contributed by atoms with Gasteiger partial charge in [0, 0.05) is 19.6 Å². The van der Waals surface area contributed by atoms with Crippen LogP contribution in [0.25, 0.3) is 0 Å². The van der Waals surface area contributed by atoms with Crippen LogP contribution in [0.2, 0.25) is 0 Å². The first-order valence-corrected chi connectivity index (χ1v) is 9.85. The monoisotopic (exact) mass is 381 g/mol. The zero-order valence-corrected chi connectivity index (χ0v) is 16.7. The average Bonchev–Trinajstić information content (AvgIpc) is 2.63. The molecule has 0 aromatic carbocycles. The minimum atomic E-state index is -0.938. The minimum Gasteiger partial charge on any atom is -0.459 e. The summed E-state index contributed by atoms with van der Waals surface area (Å²) in [5.41, 5.74) is -0.938. The summed E-state index contributed by atoms with van der Waals surface area (Å²) >= 11 is 0. The van der Waals surface area contributed by atoms with Crippen molar-refractivity contribution >= 4 is 23.7 Å². The van der Waals surface area contributed by atoms with Crippen LogP contribution in [0.1, 0.15) is 53.4 Å². The molecule has 8 nitrogen and oxygen atoms in total. The Bertz CT molecular complexity index is 596. The second-order valence-corrected chi connectivity index (χ2v) is 7.69. The number of rotatable bonds is 5. The molecule has 3 amide bonds. The maximum Gasteiger partial charge on any atom is 0.397 e. The van der Waals surface area contributed by atoms with E-state index in [1.807, 2.05) is 20.8 Å². The smallest absolute Gasteiger partial charge is 0.397 e. The topological polar surface area (TPSA) is 96.0 Å². The van der Waals surface area contributed by atoms with Crippen LogP contribution in [0.4, 0.5) is 0 Å². The Morgan fingerprint density at radius 3 is 2.37 bits per heavy atom. The molecule has 0 aromatic heterocycles. The van der Waals surface area contributed by atoms with E-state index in [1.54, 1.807) is 11.8 Å². The number of carbonyl (C=O) groups is 4. The standard InChI is InChI=1S/C19H31N3O5/c1-5-9-22-15(23)14(12-13(3)4)20-18(26)19(22)7-10-21(11-8-19)16(24)17(25)27-6-2/h13-14H,5-12H2,1-4H3,(H,20,26). The van der Waals surface area contributed by atoms with Crippen molar-refractivity contribution in [1.82, 2.24) is 15.1 Å². The highest BCUT2D eigenvalue weighted by Crippen LogP contribution is 2.34. The Labute approximate surface area is 160 Å². The second kappa shape index (κ2) is 8.71. The lowest BCUT2D eigenvalue weighted by molar-refractivity contribution is -0.166.